The highest BCUT2D eigenvalue weighted by molar-refractivity contribution is 5.76. The molecule has 1 aromatic carbocycles. The second-order valence-electron chi connectivity index (χ2n) is 7.36. The predicted octanol–water partition coefficient (Wildman–Crippen LogP) is 2.57. The molecule has 0 saturated carbocycles. The summed E-state index contributed by atoms with van der Waals surface area (Å²) in [6.45, 7) is 1.73. The molecular weight excluding hydrogens is 352 g/mol. The van der Waals surface area contributed by atoms with Gasteiger partial charge in [-0.05, 0) is 24.0 Å². The summed E-state index contributed by atoms with van der Waals surface area (Å²) in [7, 11) is 0. The van der Waals surface area contributed by atoms with Crippen LogP contribution in [0.4, 0.5) is 0 Å². The SMILES string of the molecule is O=C(Cn1ccc(=O)cc1)N1CCC[C@H](c2[nH]ncc2Cc2ccccc2)C1. The van der Waals surface area contributed by atoms with E-state index in [2.05, 4.69) is 22.3 Å². The fraction of sp³-hybridized carbons (Fsp3) is 0.318. The smallest absolute Gasteiger partial charge is 0.242 e. The third-order valence-corrected chi connectivity index (χ3v) is 5.35. The van der Waals surface area contributed by atoms with E-state index in [1.165, 1.54) is 23.3 Å². The van der Waals surface area contributed by atoms with Crippen molar-refractivity contribution < 1.29 is 4.79 Å². The molecule has 6 nitrogen and oxygen atoms in total. The van der Waals surface area contributed by atoms with Crippen molar-refractivity contribution in [2.24, 2.45) is 0 Å². The Kier molecular flexibility index (Phi) is 5.37. The number of nitrogens with zero attached hydrogens (tertiary/aromatic N) is 3. The van der Waals surface area contributed by atoms with Crippen molar-refractivity contribution >= 4 is 5.91 Å². The number of likely N-dealkylation sites (tertiary alicyclic amines) is 1. The maximum atomic E-state index is 12.7. The summed E-state index contributed by atoms with van der Waals surface area (Å²) >= 11 is 0. The van der Waals surface area contributed by atoms with Gasteiger partial charge in [0, 0.05) is 55.6 Å². The molecule has 1 amide bonds. The van der Waals surface area contributed by atoms with E-state index in [1.807, 2.05) is 29.3 Å². The molecule has 0 spiro atoms. The normalized spacial score (nSPS) is 16.9. The van der Waals surface area contributed by atoms with Crippen LogP contribution in [0.2, 0.25) is 0 Å². The Hall–Kier alpha value is -3.15. The quantitative estimate of drug-likeness (QED) is 0.744. The molecule has 144 valence electrons. The minimum absolute atomic E-state index is 0.0491. The van der Waals surface area contributed by atoms with E-state index in [1.54, 1.807) is 17.0 Å². The molecule has 3 aromatic rings. The van der Waals surface area contributed by atoms with Crippen LogP contribution in [0, 0.1) is 0 Å². The van der Waals surface area contributed by atoms with Gasteiger partial charge in [0.25, 0.3) is 0 Å². The third kappa shape index (κ3) is 4.22. The Morgan fingerprint density at radius 1 is 1.14 bits per heavy atom. The van der Waals surface area contributed by atoms with Gasteiger partial charge >= 0.3 is 0 Å². The lowest BCUT2D eigenvalue weighted by Gasteiger charge is -2.33. The third-order valence-electron chi connectivity index (χ3n) is 5.35. The van der Waals surface area contributed by atoms with Gasteiger partial charge in [0.15, 0.2) is 5.43 Å². The Morgan fingerprint density at radius 2 is 1.93 bits per heavy atom. The molecule has 0 bridgehead atoms. The average Bonchev–Trinajstić information content (AvgIpc) is 3.19. The van der Waals surface area contributed by atoms with Crippen LogP contribution in [-0.2, 0) is 17.8 Å². The largest absolute Gasteiger partial charge is 0.345 e. The number of hydrogen-bond acceptors (Lipinski definition) is 3. The molecule has 0 aliphatic carbocycles. The summed E-state index contributed by atoms with van der Waals surface area (Å²) in [4.78, 5) is 25.9. The molecule has 0 unspecified atom stereocenters. The van der Waals surface area contributed by atoms with Gasteiger partial charge < -0.3 is 9.47 Å². The van der Waals surface area contributed by atoms with E-state index in [4.69, 9.17) is 0 Å². The number of pyridine rings is 1. The lowest BCUT2D eigenvalue weighted by Crippen LogP contribution is -2.41. The van der Waals surface area contributed by atoms with Gasteiger partial charge in [0.05, 0.1) is 6.20 Å². The van der Waals surface area contributed by atoms with Gasteiger partial charge in [-0.2, -0.15) is 5.10 Å². The molecule has 1 N–H and O–H groups in total. The predicted molar refractivity (Wildman–Crippen MR) is 107 cm³/mol. The van der Waals surface area contributed by atoms with Crippen molar-refractivity contribution in [2.75, 3.05) is 13.1 Å². The average molecular weight is 376 g/mol. The number of hydrogen-bond donors (Lipinski definition) is 1. The second kappa shape index (κ2) is 8.25. The van der Waals surface area contributed by atoms with E-state index in [0.29, 0.717) is 6.54 Å². The monoisotopic (exact) mass is 376 g/mol. The van der Waals surface area contributed by atoms with E-state index in [9.17, 15) is 9.59 Å². The van der Waals surface area contributed by atoms with Crippen molar-refractivity contribution in [1.82, 2.24) is 19.7 Å². The number of carbonyl (C=O) groups excluding carboxylic acids is 1. The minimum atomic E-state index is -0.0491. The number of amides is 1. The Balaban J connectivity index is 1.44. The zero-order valence-electron chi connectivity index (χ0n) is 15.8. The van der Waals surface area contributed by atoms with Gasteiger partial charge in [-0.15, -0.1) is 0 Å². The van der Waals surface area contributed by atoms with Gasteiger partial charge in [0.2, 0.25) is 5.91 Å². The van der Waals surface area contributed by atoms with Gasteiger partial charge in [-0.25, -0.2) is 0 Å². The minimum Gasteiger partial charge on any atom is -0.345 e. The molecule has 2 aromatic heterocycles. The summed E-state index contributed by atoms with van der Waals surface area (Å²) in [6.07, 6.45) is 8.09. The maximum absolute atomic E-state index is 12.7. The van der Waals surface area contributed by atoms with E-state index in [-0.39, 0.29) is 23.8 Å². The molecule has 28 heavy (non-hydrogen) atoms. The van der Waals surface area contributed by atoms with Crippen LogP contribution in [-0.4, -0.2) is 38.7 Å². The van der Waals surface area contributed by atoms with Crippen molar-refractivity contribution in [3.8, 4) is 0 Å². The van der Waals surface area contributed by atoms with Gasteiger partial charge in [-0.3, -0.25) is 14.7 Å². The van der Waals surface area contributed by atoms with Gasteiger partial charge in [-0.1, -0.05) is 30.3 Å². The highest BCUT2D eigenvalue weighted by Crippen LogP contribution is 2.29. The molecule has 3 heterocycles. The Morgan fingerprint density at radius 3 is 2.71 bits per heavy atom. The lowest BCUT2D eigenvalue weighted by atomic mass is 9.91. The van der Waals surface area contributed by atoms with Crippen LogP contribution in [0.25, 0.3) is 0 Å². The number of aromatic nitrogens is 3. The van der Waals surface area contributed by atoms with Crippen LogP contribution in [0.5, 0.6) is 0 Å². The molecule has 4 rings (SSSR count). The molecule has 1 saturated heterocycles. The first-order valence-electron chi connectivity index (χ1n) is 9.69. The summed E-state index contributed by atoms with van der Waals surface area (Å²) < 4.78 is 1.75. The van der Waals surface area contributed by atoms with E-state index >= 15 is 0 Å². The number of aromatic amines is 1. The van der Waals surface area contributed by atoms with Crippen molar-refractivity contribution in [2.45, 2.75) is 31.7 Å². The van der Waals surface area contributed by atoms with Crippen LogP contribution < -0.4 is 5.43 Å². The Labute approximate surface area is 163 Å². The van der Waals surface area contributed by atoms with Crippen LogP contribution >= 0.6 is 0 Å². The fourth-order valence-corrected chi connectivity index (χ4v) is 3.88. The number of rotatable bonds is 5. The number of H-pyrrole nitrogens is 1. The standard InChI is InChI=1S/C22H24N4O2/c27-20-8-11-25(12-9-20)16-21(28)26-10-4-7-18(15-26)22-19(14-23-24-22)13-17-5-2-1-3-6-17/h1-3,5-6,8-9,11-12,14,18H,4,7,10,13,15-16H2,(H,23,24)/t18-/m0/s1. The van der Waals surface area contributed by atoms with E-state index < -0.39 is 0 Å². The number of benzene rings is 1. The molecule has 0 radical (unpaired) electrons. The van der Waals surface area contributed by atoms with Crippen LogP contribution in [0.1, 0.15) is 35.6 Å². The second-order valence-corrected chi connectivity index (χ2v) is 7.36. The first-order chi connectivity index (χ1) is 13.7. The zero-order valence-corrected chi connectivity index (χ0v) is 15.8. The first kappa shape index (κ1) is 18.2. The number of carbonyl (C=O) groups is 1. The number of nitrogens with one attached hydrogen (secondary N) is 1. The van der Waals surface area contributed by atoms with Gasteiger partial charge in [0.1, 0.15) is 6.54 Å². The molecule has 1 aliphatic heterocycles. The van der Waals surface area contributed by atoms with Crippen molar-refractivity contribution in [1.29, 1.82) is 0 Å². The molecule has 1 aliphatic rings. The number of piperidine rings is 1. The van der Waals surface area contributed by atoms with Crippen LogP contribution in [0.3, 0.4) is 0 Å². The fourth-order valence-electron chi connectivity index (χ4n) is 3.88. The summed E-state index contributed by atoms with van der Waals surface area (Å²) in [6, 6.07) is 13.3. The summed E-state index contributed by atoms with van der Waals surface area (Å²) in [5.41, 5.74) is 3.55. The molecule has 1 fully saturated rings. The van der Waals surface area contributed by atoms with Crippen molar-refractivity contribution in [3.63, 3.8) is 0 Å². The summed E-state index contributed by atoms with van der Waals surface area (Å²) in [5, 5.41) is 7.46. The Bertz CT molecular complexity index is 973. The highest BCUT2D eigenvalue weighted by Gasteiger charge is 2.27. The van der Waals surface area contributed by atoms with E-state index in [0.717, 1.165) is 31.5 Å². The highest BCUT2D eigenvalue weighted by atomic mass is 16.2. The van der Waals surface area contributed by atoms with Crippen LogP contribution in [0.15, 0.2) is 65.8 Å². The zero-order chi connectivity index (χ0) is 19.3. The maximum Gasteiger partial charge on any atom is 0.242 e. The molecule has 6 heteroatoms. The lowest BCUT2D eigenvalue weighted by molar-refractivity contribution is -0.133. The summed E-state index contributed by atoms with van der Waals surface area (Å²) in [5.74, 6) is 0.352. The van der Waals surface area contributed by atoms with Crippen molar-refractivity contribution in [3.05, 3.63) is 88.1 Å². The molecular formula is C22H24N4O2. The first-order valence-corrected chi connectivity index (χ1v) is 9.69. The topological polar surface area (TPSA) is 71.0 Å². The molecule has 1 atom stereocenters.